The largest absolute Gasteiger partial charge is 0.507 e. The van der Waals surface area contributed by atoms with Gasteiger partial charge < -0.3 is 21.5 Å². The summed E-state index contributed by atoms with van der Waals surface area (Å²) in [4.78, 5) is 16.3. The van der Waals surface area contributed by atoms with E-state index in [9.17, 15) is 9.90 Å². The number of hydrogen-bond donors (Lipinski definition) is 4. The highest BCUT2D eigenvalue weighted by Gasteiger charge is 2.13. The molecule has 0 aliphatic heterocycles. The molecular formula is C20H24N4O2. The number of anilines is 1. The third kappa shape index (κ3) is 4.33. The summed E-state index contributed by atoms with van der Waals surface area (Å²) < 4.78 is 0. The lowest BCUT2D eigenvalue weighted by Gasteiger charge is -2.19. The van der Waals surface area contributed by atoms with Gasteiger partial charge in [0.2, 0.25) is 0 Å². The third-order valence-electron chi connectivity index (χ3n) is 4.49. The van der Waals surface area contributed by atoms with Gasteiger partial charge in [-0.1, -0.05) is 24.3 Å². The molecule has 0 heterocycles. The molecule has 2 aromatic carbocycles. The summed E-state index contributed by atoms with van der Waals surface area (Å²) >= 11 is 0. The normalized spacial score (nSPS) is 13.8. The van der Waals surface area contributed by atoms with E-state index in [-0.39, 0.29) is 17.2 Å². The Morgan fingerprint density at radius 2 is 1.92 bits per heavy atom. The molecule has 0 atom stereocenters. The Morgan fingerprint density at radius 3 is 2.77 bits per heavy atom. The van der Waals surface area contributed by atoms with Crippen molar-refractivity contribution in [1.29, 1.82) is 0 Å². The zero-order chi connectivity index (χ0) is 18.4. The van der Waals surface area contributed by atoms with Gasteiger partial charge in [-0.3, -0.25) is 9.79 Å². The fourth-order valence-corrected chi connectivity index (χ4v) is 3.18. The first kappa shape index (κ1) is 17.8. The number of aromatic hydroxyl groups is 1. The molecule has 1 amide bonds. The molecule has 6 nitrogen and oxygen atoms in total. The van der Waals surface area contributed by atoms with Gasteiger partial charge in [-0.05, 0) is 55.0 Å². The molecule has 3 rings (SSSR count). The first-order valence-corrected chi connectivity index (χ1v) is 8.89. The van der Waals surface area contributed by atoms with Crippen molar-refractivity contribution in [2.45, 2.75) is 25.7 Å². The number of guanidine groups is 1. The van der Waals surface area contributed by atoms with Gasteiger partial charge in [0.05, 0.1) is 12.1 Å². The summed E-state index contributed by atoms with van der Waals surface area (Å²) in [6, 6.07) is 12.7. The second kappa shape index (κ2) is 8.38. The van der Waals surface area contributed by atoms with E-state index >= 15 is 0 Å². The summed E-state index contributed by atoms with van der Waals surface area (Å²) in [6.07, 6.45) is 4.60. The van der Waals surface area contributed by atoms with E-state index in [1.807, 2.05) is 12.1 Å². The number of aliphatic imine (C=N–C) groups is 1. The minimum Gasteiger partial charge on any atom is -0.507 e. The predicted molar refractivity (Wildman–Crippen MR) is 104 cm³/mol. The maximum atomic E-state index is 12.0. The van der Waals surface area contributed by atoms with Gasteiger partial charge in [-0.25, -0.2) is 0 Å². The number of nitrogens with one attached hydrogen (secondary N) is 2. The Kier molecular flexibility index (Phi) is 5.73. The highest BCUT2D eigenvalue weighted by Crippen LogP contribution is 2.27. The first-order valence-electron chi connectivity index (χ1n) is 8.89. The van der Waals surface area contributed by atoms with E-state index in [0.717, 1.165) is 18.5 Å². The number of hydrogen-bond acceptors (Lipinski definition) is 3. The molecule has 136 valence electrons. The number of nitrogens with two attached hydrogens (primary N) is 1. The lowest BCUT2D eigenvalue weighted by atomic mass is 9.90. The summed E-state index contributed by atoms with van der Waals surface area (Å²) in [5.74, 6) is -0.0359. The molecule has 6 heteroatoms. The molecule has 1 aliphatic rings. The van der Waals surface area contributed by atoms with Crippen LogP contribution in [0.2, 0.25) is 0 Å². The van der Waals surface area contributed by atoms with Crippen molar-refractivity contribution in [2.75, 3.05) is 18.4 Å². The van der Waals surface area contributed by atoms with Crippen LogP contribution in [-0.2, 0) is 12.8 Å². The van der Waals surface area contributed by atoms with Crippen LogP contribution in [0.4, 0.5) is 5.69 Å². The quantitative estimate of drug-likeness (QED) is 0.377. The smallest absolute Gasteiger partial charge is 0.255 e. The fourth-order valence-electron chi connectivity index (χ4n) is 3.18. The average molecular weight is 352 g/mol. The van der Waals surface area contributed by atoms with Crippen LogP contribution < -0.4 is 16.4 Å². The number of rotatable bonds is 5. The molecule has 5 N–H and O–H groups in total. The van der Waals surface area contributed by atoms with Gasteiger partial charge in [0, 0.05) is 12.2 Å². The van der Waals surface area contributed by atoms with Gasteiger partial charge in [-0.15, -0.1) is 0 Å². The Hall–Kier alpha value is -3.02. The summed E-state index contributed by atoms with van der Waals surface area (Å²) in [5.41, 5.74) is 9.94. The van der Waals surface area contributed by atoms with Crippen molar-refractivity contribution in [3.8, 4) is 5.75 Å². The van der Waals surface area contributed by atoms with Crippen LogP contribution in [-0.4, -0.2) is 30.1 Å². The van der Waals surface area contributed by atoms with Crippen LogP contribution in [0.5, 0.6) is 5.75 Å². The molecule has 0 unspecified atom stereocenters. The number of nitrogens with zero attached hydrogens (tertiary/aromatic N) is 1. The van der Waals surface area contributed by atoms with E-state index in [1.165, 1.54) is 30.0 Å². The number of phenolic OH excluding ortho intramolecular Hbond substituents is 1. The Labute approximate surface area is 153 Å². The maximum absolute atomic E-state index is 12.0. The van der Waals surface area contributed by atoms with Gasteiger partial charge in [0.1, 0.15) is 5.75 Å². The summed E-state index contributed by atoms with van der Waals surface area (Å²) in [7, 11) is 0. The highest BCUT2D eigenvalue weighted by molar-refractivity contribution is 5.96. The van der Waals surface area contributed by atoms with E-state index < -0.39 is 0 Å². The highest BCUT2D eigenvalue weighted by atomic mass is 16.3. The van der Waals surface area contributed by atoms with Gasteiger partial charge in [0.15, 0.2) is 5.96 Å². The van der Waals surface area contributed by atoms with Crippen LogP contribution in [0.15, 0.2) is 47.5 Å². The molecule has 0 spiro atoms. The molecule has 1 aliphatic carbocycles. The van der Waals surface area contributed by atoms with Gasteiger partial charge in [-0.2, -0.15) is 0 Å². The van der Waals surface area contributed by atoms with Crippen LogP contribution in [0.1, 0.15) is 34.3 Å². The zero-order valence-electron chi connectivity index (χ0n) is 14.7. The summed E-state index contributed by atoms with van der Waals surface area (Å²) in [5, 5.41) is 15.6. The third-order valence-corrected chi connectivity index (χ3v) is 4.49. The van der Waals surface area contributed by atoms with Crippen LogP contribution in [0.3, 0.4) is 0 Å². The number of aryl methyl sites for hydroxylation is 1. The lowest BCUT2D eigenvalue weighted by molar-refractivity contribution is 0.0952. The number of benzene rings is 2. The van der Waals surface area contributed by atoms with E-state index in [2.05, 4.69) is 21.7 Å². The number of para-hydroxylation sites is 1. The van der Waals surface area contributed by atoms with Crippen LogP contribution in [0.25, 0.3) is 0 Å². The SMILES string of the molecule is NC(=NCCNC(=O)c1ccccc1O)Nc1cccc2c1CCCC2. The Morgan fingerprint density at radius 1 is 1.12 bits per heavy atom. The Bertz CT molecular complexity index is 817. The lowest BCUT2D eigenvalue weighted by Crippen LogP contribution is -2.28. The number of carbonyl (C=O) groups excluding carboxylic acids is 1. The maximum Gasteiger partial charge on any atom is 0.255 e. The molecule has 0 saturated heterocycles. The number of fused-ring (bicyclic) bond motifs is 1. The van der Waals surface area contributed by atoms with E-state index in [4.69, 9.17) is 5.73 Å². The van der Waals surface area contributed by atoms with Crippen molar-refractivity contribution in [3.63, 3.8) is 0 Å². The van der Waals surface area contributed by atoms with Crippen molar-refractivity contribution in [1.82, 2.24) is 5.32 Å². The van der Waals surface area contributed by atoms with Crippen LogP contribution in [0, 0.1) is 0 Å². The fraction of sp³-hybridized carbons (Fsp3) is 0.300. The van der Waals surface area contributed by atoms with Gasteiger partial charge in [0.25, 0.3) is 5.91 Å². The topological polar surface area (TPSA) is 99.7 Å². The van der Waals surface area contributed by atoms with Crippen molar-refractivity contribution in [2.24, 2.45) is 10.7 Å². The molecule has 26 heavy (non-hydrogen) atoms. The second-order valence-corrected chi connectivity index (χ2v) is 6.32. The molecule has 0 saturated carbocycles. The minimum absolute atomic E-state index is 0.0384. The first-order chi connectivity index (χ1) is 12.6. The van der Waals surface area contributed by atoms with E-state index in [0.29, 0.717) is 19.0 Å². The van der Waals surface area contributed by atoms with Crippen molar-refractivity contribution >= 4 is 17.6 Å². The Balaban J connectivity index is 1.52. The average Bonchev–Trinajstić information content (AvgIpc) is 2.66. The monoisotopic (exact) mass is 352 g/mol. The van der Waals surface area contributed by atoms with E-state index in [1.54, 1.807) is 18.2 Å². The van der Waals surface area contributed by atoms with Crippen molar-refractivity contribution < 1.29 is 9.90 Å². The second-order valence-electron chi connectivity index (χ2n) is 6.32. The number of carbonyl (C=O) groups is 1. The van der Waals surface area contributed by atoms with Crippen molar-refractivity contribution in [3.05, 3.63) is 59.2 Å². The molecule has 0 fully saturated rings. The molecule has 0 radical (unpaired) electrons. The van der Waals surface area contributed by atoms with Crippen LogP contribution >= 0.6 is 0 Å². The molecule has 0 aromatic heterocycles. The molecular weight excluding hydrogens is 328 g/mol. The molecule has 2 aromatic rings. The number of phenols is 1. The minimum atomic E-state index is -0.332. The zero-order valence-corrected chi connectivity index (χ0v) is 14.7. The predicted octanol–water partition coefficient (Wildman–Crippen LogP) is 2.43. The standard InChI is InChI=1S/C20H24N4O2/c21-20(24-17-10-5-7-14-6-1-2-8-15(14)17)23-13-12-22-19(26)16-9-3-4-11-18(16)25/h3-5,7,9-11,25H,1-2,6,8,12-13H2,(H,22,26)(H3,21,23,24). The van der Waals surface area contributed by atoms with Gasteiger partial charge >= 0.3 is 0 Å². The molecule has 0 bridgehead atoms. The summed E-state index contributed by atoms with van der Waals surface area (Å²) in [6.45, 7) is 0.690. The number of amides is 1.